The standard InChI is InChI=1S/C20H25F2N3O2/c1-14(2)19(26)5-3-4-15-9-20(27-10-15,11-25-13-23-12-24-25)17-7-6-16(21)8-18(17)22/h6-8,12-15H,3-5,9-11H2,1-2H3/t15-,20-/m0/s1. The summed E-state index contributed by atoms with van der Waals surface area (Å²) in [4.78, 5) is 15.8. The number of rotatable bonds is 8. The Bertz CT molecular complexity index is 780. The Balaban J connectivity index is 1.75. The zero-order valence-corrected chi connectivity index (χ0v) is 15.7. The number of hydrogen-bond donors (Lipinski definition) is 0. The second-order valence-corrected chi connectivity index (χ2v) is 7.61. The van der Waals surface area contributed by atoms with Crippen molar-refractivity contribution in [3.05, 3.63) is 48.1 Å². The molecule has 27 heavy (non-hydrogen) atoms. The SMILES string of the molecule is CC(C)C(=O)CCC[C@@H]1CO[C@@](Cn2cncn2)(c2ccc(F)cc2F)C1. The molecule has 0 spiro atoms. The van der Waals surface area contributed by atoms with E-state index in [0.29, 0.717) is 31.6 Å². The Hall–Kier alpha value is -2.15. The summed E-state index contributed by atoms with van der Waals surface area (Å²) in [5.41, 5.74) is -0.585. The van der Waals surface area contributed by atoms with E-state index in [1.807, 2.05) is 13.8 Å². The molecule has 1 aliphatic rings. The van der Waals surface area contributed by atoms with Crippen LogP contribution < -0.4 is 0 Å². The summed E-state index contributed by atoms with van der Waals surface area (Å²) in [6.07, 6.45) is 5.73. The summed E-state index contributed by atoms with van der Waals surface area (Å²) in [7, 11) is 0. The van der Waals surface area contributed by atoms with E-state index in [2.05, 4.69) is 10.1 Å². The van der Waals surface area contributed by atoms with E-state index in [9.17, 15) is 13.6 Å². The van der Waals surface area contributed by atoms with Gasteiger partial charge in [-0.25, -0.2) is 18.4 Å². The largest absolute Gasteiger partial charge is 0.368 e. The molecule has 0 bridgehead atoms. The lowest BCUT2D eigenvalue weighted by atomic mass is 9.84. The van der Waals surface area contributed by atoms with Crippen LogP contribution in [0.25, 0.3) is 0 Å². The molecule has 2 heterocycles. The molecule has 5 nitrogen and oxygen atoms in total. The molecular formula is C20H25F2N3O2. The summed E-state index contributed by atoms with van der Waals surface area (Å²) < 4.78 is 35.6. The quantitative estimate of drug-likeness (QED) is 0.700. The van der Waals surface area contributed by atoms with Crippen LogP contribution in [-0.4, -0.2) is 27.2 Å². The van der Waals surface area contributed by atoms with E-state index in [4.69, 9.17) is 4.74 Å². The summed E-state index contributed by atoms with van der Waals surface area (Å²) in [6, 6.07) is 3.59. The van der Waals surface area contributed by atoms with Crippen molar-refractivity contribution in [2.75, 3.05) is 6.61 Å². The summed E-state index contributed by atoms with van der Waals surface area (Å²) in [5.74, 6) is -0.727. The smallest absolute Gasteiger partial charge is 0.137 e. The fraction of sp³-hybridized carbons (Fsp3) is 0.550. The minimum atomic E-state index is -0.918. The summed E-state index contributed by atoms with van der Waals surface area (Å²) in [6.45, 7) is 4.58. The molecule has 146 valence electrons. The second-order valence-electron chi connectivity index (χ2n) is 7.61. The summed E-state index contributed by atoms with van der Waals surface area (Å²) in [5, 5.41) is 4.11. The van der Waals surface area contributed by atoms with Crippen LogP contribution in [0.3, 0.4) is 0 Å². The Morgan fingerprint density at radius 2 is 2.22 bits per heavy atom. The monoisotopic (exact) mass is 377 g/mol. The van der Waals surface area contributed by atoms with E-state index in [-0.39, 0.29) is 17.6 Å². The van der Waals surface area contributed by atoms with Crippen LogP contribution in [-0.2, 0) is 21.7 Å². The molecule has 7 heteroatoms. The maximum atomic E-state index is 14.5. The molecule has 1 saturated heterocycles. The van der Waals surface area contributed by atoms with Crippen LogP contribution in [0.15, 0.2) is 30.9 Å². The Kier molecular flexibility index (Phi) is 5.99. The predicted molar refractivity (Wildman–Crippen MR) is 95.8 cm³/mol. The first kappa shape index (κ1) is 19.6. The highest BCUT2D eigenvalue weighted by atomic mass is 19.1. The Labute approximate surface area is 157 Å². The highest BCUT2D eigenvalue weighted by Gasteiger charge is 2.44. The van der Waals surface area contributed by atoms with Crippen LogP contribution in [0.5, 0.6) is 0 Å². The third-order valence-electron chi connectivity index (χ3n) is 5.20. The molecule has 1 aromatic heterocycles. The van der Waals surface area contributed by atoms with E-state index in [1.54, 1.807) is 11.0 Å². The van der Waals surface area contributed by atoms with Crippen molar-refractivity contribution in [2.45, 2.75) is 51.7 Å². The average molecular weight is 377 g/mol. The van der Waals surface area contributed by atoms with Gasteiger partial charge < -0.3 is 4.74 Å². The molecule has 0 amide bonds. The van der Waals surface area contributed by atoms with E-state index in [1.165, 1.54) is 18.5 Å². The number of benzene rings is 1. The Morgan fingerprint density at radius 1 is 1.41 bits per heavy atom. The van der Waals surface area contributed by atoms with E-state index >= 15 is 0 Å². The van der Waals surface area contributed by atoms with E-state index < -0.39 is 17.2 Å². The van der Waals surface area contributed by atoms with Gasteiger partial charge in [-0.15, -0.1) is 0 Å². The minimum Gasteiger partial charge on any atom is -0.368 e. The normalized spacial score (nSPS) is 22.5. The zero-order valence-electron chi connectivity index (χ0n) is 15.7. The molecule has 3 rings (SSSR count). The Morgan fingerprint density at radius 3 is 2.89 bits per heavy atom. The first-order chi connectivity index (χ1) is 12.9. The number of halogens is 2. The average Bonchev–Trinajstić information content (AvgIpc) is 3.25. The number of Topliss-reactive ketones (excluding diaryl/α,β-unsaturated/α-hetero) is 1. The molecule has 0 unspecified atom stereocenters. The fourth-order valence-corrected chi connectivity index (χ4v) is 3.72. The number of ether oxygens (including phenoxy) is 1. The summed E-state index contributed by atoms with van der Waals surface area (Å²) >= 11 is 0. The minimum absolute atomic E-state index is 0.0459. The van der Waals surface area contributed by atoms with Gasteiger partial charge in [-0.2, -0.15) is 5.10 Å². The van der Waals surface area contributed by atoms with Gasteiger partial charge in [-0.1, -0.05) is 19.9 Å². The number of ketones is 1. The number of nitrogens with zero attached hydrogens (tertiary/aromatic N) is 3. The van der Waals surface area contributed by atoms with Crippen LogP contribution >= 0.6 is 0 Å². The van der Waals surface area contributed by atoms with Gasteiger partial charge in [0.25, 0.3) is 0 Å². The van der Waals surface area contributed by atoms with Gasteiger partial charge in [0.15, 0.2) is 0 Å². The lowest BCUT2D eigenvalue weighted by Gasteiger charge is -2.29. The fourth-order valence-electron chi connectivity index (χ4n) is 3.72. The molecule has 0 saturated carbocycles. The maximum Gasteiger partial charge on any atom is 0.137 e. The zero-order chi connectivity index (χ0) is 19.4. The molecule has 2 aromatic rings. The van der Waals surface area contributed by atoms with Crippen LogP contribution in [0.1, 0.15) is 45.1 Å². The van der Waals surface area contributed by atoms with Crippen LogP contribution in [0, 0.1) is 23.5 Å². The topological polar surface area (TPSA) is 57.0 Å². The van der Waals surface area contributed by atoms with Gasteiger partial charge >= 0.3 is 0 Å². The first-order valence-corrected chi connectivity index (χ1v) is 9.34. The van der Waals surface area contributed by atoms with Crippen molar-refractivity contribution >= 4 is 5.78 Å². The lowest BCUT2D eigenvalue weighted by molar-refractivity contribution is -0.122. The number of carbonyl (C=O) groups excluding carboxylic acids is 1. The van der Waals surface area contributed by atoms with Gasteiger partial charge in [0.1, 0.15) is 35.7 Å². The molecule has 2 atom stereocenters. The molecule has 0 radical (unpaired) electrons. The third kappa shape index (κ3) is 4.58. The number of carbonyl (C=O) groups is 1. The van der Waals surface area contributed by atoms with Crippen molar-refractivity contribution in [1.29, 1.82) is 0 Å². The highest BCUT2D eigenvalue weighted by Crippen LogP contribution is 2.43. The van der Waals surface area contributed by atoms with Gasteiger partial charge in [0.2, 0.25) is 0 Å². The van der Waals surface area contributed by atoms with E-state index in [0.717, 1.165) is 18.9 Å². The van der Waals surface area contributed by atoms with Gasteiger partial charge in [-0.05, 0) is 31.2 Å². The van der Waals surface area contributed by atoms with Crippen molar-refractivity contribution in [2.24, 2.45) is 11.8 Å². The molecular weight excluding hydrogens is 352 g/mol. The van der Waals surface area contributed by atoms with Gasteiger partial charge in [-0.3, -0.25) is 4.79 Å². The molecule has 0 N–H and O–H groups in total. The second kappa shape index (κ2) is 8.25. The van der Waals surface area contributed by atoms with Crippen LogP contribution in [0.2, 0.25) is 0 Å². The predicted octanol–water partition coefficient (Wildman–Crippen LogP) is 3.88. The van der Waals surface area contributed by atoms with Crippen molar-refractivity contribution < 1.29 is 18.3 Å². The molecule has 1 aliphatic heterocycles. The lowest BCUT2D eigenvalue weighted by Crippen LogP contribution is -2.32. The van der Waals surface area contributed by atoms with Crippen molar-refractivity contribution in [3.8, 4) is 0 Å². The third-order valence-corrected chi connectivity index (χ3v) is 5.20. The molecule has 1 fully saturated rings. The number of aromatic nitrogens is 3. The van der Waals surface area contributed by atoms with Gasteiger partial charge in [0.05, 0.1) is 13.2 Å². The van der Waals surface area contributed by atoms with Gasteiger partial charge in [0, 0.05) is 24.0 Å². The van der Waals surface area contributed by atoms with Crippen LogP contribution in [0.4, 0.5) is 8.78 Å². The maximum absolute atomic E-state index is 14.5. The van der Waals surface area contributed by atoms with Crippen molar-refractivity contribution in [1.82, 2.24) is 14.8 Å². The first-order valence-electron chi connectivity index (χ1n) is 9.34. The number of hydrogen-bond acceptors (Lipinski definition) is 4. The molecule has 0 aliphatic carbocycles. The molecule has 1 aromatic carbocycles. The van der Waals surface area contributed by atoms with Crippen molar-refractivity contribution in [3.63, 3.8) is 0 Å². The highest BCUT2D eigenvalue weighted by molar-refractivity contribution is 5.80.